The molecular weight excluding hydrogens is 200 g/mol. The molecule has 0 fully saturated rings. The SMILES string of the molecule is CCNc1nnc(-c2cnnn2C)s1. The fourth-order valence-electron chi connectivity index (χ4n) is 1.03. The average molecular weight is 210 g/mol. The maximum absolute atomic E-state index is 4.04. The molecule has 0 aliphatic rings. The van der Waals surface area contributed by atoms with Crippen LogP contribution >= 0.6 is 11.3 Å². The Labute approximate surface area is 85.0 Å². The predicted molar refractivity (Wildman–Crippen MR) is 54.1 cm³/mol. The second-order valence-electron chi connectivity index (χ2n) is 2.69. The van der Waals surface area contributed by atoms with E-state index in [1.807, 2.05) is 14.0 Å². The van der Waals surface area contributed by atoms with Crippen LogP contribution in [-0.4, -0.2) is 31.7 Å². The van der Waals surface area contributed by atoms with Gasteiger partial charge in [0.15, 0.2) is 5.01 Å². The third-order valence-corrected chi connectivity index (χ3v) is 2.59. The van der Waals surface area contributed by atoms with Crippen molar-refractivity contribution in [2.24, 2.45) is 7.05 Å². The Hall–Kier alpha value is -1.50. The minimum Gasteiger partial charge on any atom is -0.360 e. The second-order valence-corrected chi connectivity index (χ2v) is 3.66. The molecule has 1 N–H and O–H groups in total. The van der Waals surface area contributed by atoms with Crippen LogP contribution in [0.5, 0.6) is 0 Å². The standard InChI is InChI=1S/C7H10N6S/c1-3-8-7-11-10-6(14-7)5-4-9-12-13(5)2/h4H,3H2,1-2H3,(H,8,11). The average Bonchev–Trinajstić information content (AvgIpc) is 2.74. The van der Waals surface area contributed by atoms with Gasteiger partial charge in [0, 0.05) is 13.6 Å². The van der Waals surface area contributed by atoms with E-state index in [-0.39, 0.29) is 0 Å². The third-order valence-electron chi connectivity index (χ3n) is 1.69. The zero-order chi connectivity index (χ0) is 9.97. The van der Waals surface area contributed by atoms with E-state index in [4.69, 9.17) is 0 Å². The molecular formula is C7H10N6S. The molecule has 0 spiro atoms. The fraction of sp³-hybridized carbons (Fsp3) is 0.429. The van der Waals surface area contributed by atoms with Crippen molar-refractivity contribution in [3.63, 3.8) is 0 Å². The molecule has 0 radical (unpaired) electrons. The summed E-state index contributed by atoms with van der Waals surface area (Å²) in [7, 11) is 1.83. The fourth-order valence-corrected chi connectivity index (χ4v) is 1.89. The Bertz CT molecular complexity index is 419. The molecule has 6 nitrogen and oxygen atoms in total. The van der Waals surface area contributed by atoms with Gasteiger partial charge in [-0.05, 0) is 6.92 Å². The van der Waals surface area contributed by atoms with Crippen LogP contribution in [0.15, 0.2) is 6.20 Å². The highest BCUT2D eigenvalue weighted by atomic mass is 32.1. The molecule has 7 heteroatoms. The third kappa shape index (κ3) is 1.58. The summed E-state index contributed by atoms with van der Waals surface area (Å²) in [6, 6.07) is 0. The van der Waals surface area contributed by atoms with Crippen molar-refractivity contribution in [3.8, 4) is 10.7 Å². The van der Waals surface area contributed by atoms with E-state index in [1.165, 1.54) is 11.3 Å². The molecule has 0 aliphatic heterocycles. The normalized spacial score (nSPS) is 10.4. The first-order valence-corrected chi connectivity index (χ1v) is 5.05. The van der Waals surface area contributed by atoms with Crippen LogP contribution in [-0.2, 0) is 7.05 Å². The smallest absolute Gasteiger partial charge is 0.206 e. The first kappa shape index (κ1) is 9.07. The van der Waals surface area contributed by atoms with Crippen molar-refractivity contribution in [2.45, 2.75) is 6.92 Å². The van der Waals surface area contributed by atoms with Crippen molar-refractivity contribution >= 4 is 16.5 Å². The van der Waals surface area contributed by atoms with Crippen molar-refractivity contribution in [3.05, 3.63) is 6.20 Å². The van der Waals surface area contributed by atoms with Crippen LogP contribution in [0.3, 0.4) is 0 Å². The number of hydrogen-bond acceptors (Lipinski definition) is 6. The molecule has 2 heterocycles. The molecule has 0 unspecified atom stereocenters. The quantitative estimate of drug-likeness (QED) is 0.810. The largest absolute Gasteiger partial charge is 0.360 e. The van der Waals surface area contributed by atoms with Crippen molar-refractivity contribution in [1.82, 2.24) is 25.2 Å². The minimum atomic E-state index is 0.823. The lowest BCUT2D eigenvalue weighted by Crippen LogP contribution is -1.94. The van der Waals surface area contributed by atoms with Crippen LogP contribution in [0.4, 0.5) is 5.13 Å². The van der Waals surface area contributed by atoms with Gasteiger partial charge in [0.2, 0.25) is 5.13 Å². The predicted octanol–water partition coefficient (Wildman–Crippen LogP) is 0.765. The Morgan fingerprint density at radius 2 is 2.36 bits per heavy atom. The van der Waals surface area contributed by atoms with Crippen LogP contribution in [0.1, 0.15) is 6.92 Å². The molecule has 2 aromatic rings. The molecule has 2 rings (SSSR count). The summed E-state index contributed by atoms with van der Waals surface area (Å²) >= 11 is 1.50. The summed E-state index contributed by atoms with van der Waals surface area (Å²) in [5.74, 6) is 0. The lowest BCUT2D eigenvalue weighted by molar-refractivity contribution is 0.719. The van der Waals surface area contributed by atoms with E-state index in [1.54, 1.807) is 10.9 Å². The summed E-state index contributed by atoms with van der Waals surface area (Å²) in [4.78, 5) is 0. The molecule has 74 valence electrons. The highest BCUT2D eigenvalue weighted by Gasteiger charge is 2.09. The molecule has 0 amide bonds. The van der Waals surface area contributed by atoms with Crippen LogP contribution < -0.4 is 5.32 Å². The van der Waals surface area contributed by atoms with Crippen LogP contribution in [0, 0.1) is 0 Å². The van der Waals surface area contributed by atoms with E-state index < -0.39 is 0 Å². The molecule has 0 bridgehead atoms. The number of nitrogens with one attached hydrogen (secondary N) is 1. The van der Waals surface area contributed by atoms with Crippen molar-refractivity contribution in [1.29, 1.82) is 0 Å². The Morgan fingerprint density at radius 1 is 1.50 bits per heavy atom. The first-order valence-electron chi connectivity index (χ1n) is 4.23. The van der Waals surface area contributed by atoms with E-state index in [9.17, 15) is 0 Å². The van der Waals surface area contributed by atoms with Gasteiger partial charge in [-0.2, -0.15) is 0 Å². The molecule has 0 saturated carbocycles. The number of anilines is 1. The van der Waals surface area contributed by atoms with Crippen LogP contribution in [0.2, 0.25) is 0 Å². The Kier molecular flexibility index (Phi) is 2.40. The van der Waals surface area contributed by atoms with Gasteiger partial charge in [0.25, 0.3) is 0 Å². The van der Waals surface area contributed by atoms with Crippen LogP contribution in [0.25, 0.3) is 10.7 Å². The number of nitrogens with zero attached hydrogens (tertiary/aromatic N) is 5. The van der Waals surface area contributed by atoms with E-state index >= 15 is 0 Å². The zero-order valence-electron chi connectivity index (χ0n) is 7.93. The van der Waals surface area contributed by atoms with Gasteiger partial charge in [-0.3, -0.25) is 0 Å². The second kappa shape index (κ2) is 3.70. The monoisotopic (exact) mass is 210 g/mol. The van der Waals surface area contributed by atoms with E-state index in [2.05, 4.69) is 25.8 Å². The molecule has 0 atom stereocenters. The van der Waals surface area contributed by atoms with Gasteiger partial charge in [0.1, 0.15) is 5.69 Å². The number of aryl methyl sites for hydroxylation is 1. The summed E-state index contributed by atoms with van der Waals surface area (Å²) in [6.07, 6.45) is 1.68. The molecule has 2 aromatic heterocycles. The number of hydrogen-bond donors (Lipinski definition) is 1. The van der Waals surface area contributed by atoms with E-state index in [0.717, 1.165) is 22.4 Å². The maximum atomic E-state index is 4.04. The highest BCUT2D eigenvalue weighted by Crippen LogP contribution is 2.24. The van der Waals surface area contributed by atoms with Gasteiger partial charge in [-0.15, -0.1) is 15.3 Å². The summed E-state index contributed by atoms with van der Waals surface area (Å²) in [6.45, 7) is 2.87. The summed E-state index contributed by atoms with van der Waals surface area (Å²) < 4.78 is 1.68. The van der Waals surface area contributed by atoms with Gasteiger partial charge in [0.05, 0.1) is 6.20 Å². The van der Waals surface area contributed by atoms with Crippen molar-refractivity contribution in [2.75, 3.05) is 11.9 Å². The number of rotatable bonds is 3. The highest BCUT2D eigenvalue weighted by molar-refractivity contribution is 7.18. The van der Waals surface area contributed by atoms with Gasteiger partial charge in [-0.1, -0.05) is 16.6 Å². The van der Waals surface area contributed by atoms with Gasteiger partial charge >= 0.3 is 0 Å². The topological polar surface area (TPSA) is 68.5 Å². The van der Waals surface area contributed by atoms with Gasteiger partial charge in [-0.25, -0.2) is 4.68 Å². The summed E-state index contributed by atoms with van der Waals surface area (Å²) in [5, 5.41) is 20.4. The maximum Gasteiger partial charge on any atom is 0.206 e. The molecule has 0 aliphatic carbocycles. The summed E-state index contributed by atoms with van der Waals surface area (Å²) in [5.41, 5.74) is 0.881. The minimum absolute atomic E-state index is 0.823. The van der Waals surface area contributed by atoms with Gasteiger partial charge < -0.3 is 5.32 Å². The number of aromatic nitrogens is 5. The van der Waals surface area contributed by atoms with Crippen molar-refractivity contribution < 1.29 is 0 Å². The lowest BCUT2D eigenvalue weighted by Gasteiger charge is -1.93. The molecule has 0 aromatic carbocycles. The zero-order valence-corrected chi connectivity index (χ0v) is 8.75. The first-order chi connectivity index (χ1) is 6.81. The Morgan fingerprint density at radius 3 is 3.00 bits per heavy atom. The lowest BCUT2D eigenvalue weighted by atomic mass is 10.5. The molecule has 0 saturated heterocycles. The Balaban J connectivity index is 2.29. The molecule has 14 heavy (non-hydrogen) atoms. The van der Waals surface area contributed by atoms with E-state index in [0.29, 0.717) is 0 Å².